The first-order chi connectivity index (χ1) is 26.7. The van der Waals surface area contributed by atoms with Gasteiger partial charge in [-0.05, 0) is 68.7 Å². The highest BCUT2D eigenvalue weighted by molar-refractivity contribution is 5.87. The van der Waals surface area contributed by atoms with Crippen LogP contribution in [0, 0.1) is 16.0 Å². The Morgan fingerprint density at radius 1 is 1.04 bits per heavy atom. The quantitative estimate of drug-likeness (QED) is 0.162. The number of nitrogens with zero attached hydrogens (tertiary/aromatic N) is 9. The first-order valence-corrected chi connectivity index (χ1v) is 19.1. The third-order valence-electron chi connectivity index (χ3n) is 11.9. The number of anilines is 1. The Labute approximate surface area is 320 Å². The van der Waals surface area contributed by atoms with Crippen LogP contribution in [-0.4, -0.2) is 118 Å². The number of carbonyl (C=O) groups is 2. The first-order valence-electron chi connectivity index (χ1n) is 19.1. The average molecular weight is 755 g/mol. The normalized spacial score (nSPS) is 20.0. The van der Waals surface area contributed by atoms with E-state index in [9.17, 15) is 19.7 Å². The fourth-order valence-electron chi connectivity index (χ4n) is 8.96. The van der Waals surface area contributed by atoms with Crippen molar-refractivity contribution in [3.05, 3.63) is 75.7 Å². The van der Waals surface area contributed by atoms with Crippen molar-refractivity contribution in [2.75, 3.05) is 71.5 Å². The molecular formula is C39H50N10O6. The average Bonchev–Trinajstić information content (AvgIpc) is 3.62. The molecule has 1 saturated carbocycles. The SMILES string of the molecule is CCN(CCCN1CCc2cc(OC)c(OC)cc2C12CCC(C(=O)N1CCN(c3ncnc4c3cnn4Cc3ccccc3[N+](=O)[O-])CC1)CC2)C(N)=O. The molecule has 2 aromatic carbocycles. The Morgan fingerprint density at radius 2 is 1.76 bits per heavy atom. The van der Waals surface area contributed by atoms with Crippen molar-refractivity contribution in [2.45, 2.75) is 57.5 Å². The van der Waals surface area contributed by atoms with Gasteiger partial charge in [-0.3, -0.25) is 19.8 Å². The summed E-state index contributed by atoms with van der Waals surface area (Å²) in [6, 6.07) is 10.5. The summed E-state index contributed by atoms with van der Waals surface area (Å²) in [6.07, 6.45) is 8.14. The van der Waals surface area contributed by atoms with Crippen molar-refractivity contribution >= 4 is 34.5 Å². The number of nitro groups is 1. The summed E-state index contributed by atoms with van der Waals surface area (Å²) in [5.74, 6) is 2.31. The number of nitrogens with two attached hydrogens (primary N) is 1. The molecule has 1 spiro atoms. The Morgan fingerprint density at radius 3 is 2.45 bits per heavy atom. The zero-order chi connectivity index (χ0) is 38.7. The molecule has 2 aliphatic heterocycles. The summed E-state index contributed by atoms with van der Waals surface area (Å²) in [6.45, 7) is 7.43. The van der Waals surface area contributed by atoms with Gasteiger partial charge in [0.25, 0.3) is 5.69 Å². The highest BCUT2D eigenvalue weighted by atomic mass is 16.6. The number of nitro benzene ring substituents is 1. The second kappa shape index (κ2) is 16.1. The maximum Gasteiger partial charge on any atom is 0.314 e. The lowest BCUT2D eigenvalue weighted by Crippen LogP contribution is -2.55. The topological polar surface area (TPSA) is 178 Å². The standard InChI is InChI=1S/C39H50N10O6/c1-4-44(38(40)51)15-7-16-47-17-12-28-22-33(54-2)34(55-3)23-31(28)39(47)13-10-27(11-14-39)37(50)46-20-18-45(19-21-46)35-30-24-43-48(36(30)42-26-41-35)25-29-8-5-6-9-32(29)49(52)53/h5-6,8-9,22-24,26-27H,4,7,10-21,25H2,1-3H3,(H2,40,51). The number of piperazine rings is 1. The van der Waals surface area contributed by atoms with Gasteiger partial charge in [0.05, 0.1) is 42.8 Å². The minimum absolute atomic E-state index is 0.0386. The molecule has 3 aliphatic rings. The lowest BCUT2D eigenvalue weighted by molar-refractivity contribution is -0.385. The summed E-state index contributed by atoms with van der Waals surface area (Å²) in [5, 5.41) is 16.9. The molecule has 0 bridgehead atoms. The van der Waals surface area contributed by atoms with E-state index in [0.717, 1.165) is 68.6 Å². The van der Waals surface area contributed by atoms with Crippen molar-refractivity contribution in [1.82, 2.24) is 34.4 Å². The Hall–Kier alpha value is -5.51. The van der Waals surface area contributed by atoms with Crippen LogP contribution in [-0.2, 0) is 23.3 Å². The van der Waals surface area contributed by atoms with Crippen LogP contribution in [0.1, 0.15) is 55.7 Å². The third-order valence-corrected chi connectivity index (χ3v) is 11.9. The zero-order valence-electron chi connectivity index (χ0n) is 31.9. The molecule has 4 heterocycles. The molecule has 1 saturated heterocycles. The lowest BCUT2D eigenvalue weighted by atomic mass is 9.68. The lowest BCUT2D eigenvalue weighted by Gasteiger charge is -2.52. The molecule has 0 atom stereocenters. The van der Waals surface area contributed by atoms with E-state index in [1.54, 1.807) is 48.2 Å². The van der Waals surface area contributed by atoms with E-state index in [1.807, 2.05) is 11.8 Å². The van der Waals surface area contributed by atoms with Crippen molar-refractivity contribution in [3.63, 3.8) is 0 Å². The number of ether oxygens (including phenoxy) is 2. The molecule has 16 heteroatoms. The number of benzene rings is 2. The number of carbonyl (C=O) groups excluding carboxylic acids is 2. The predicted octanol–water partition coefficient (Wildman–Crippen LogP) is 4.18. The van der Waals surface area contributed by atoms with Gasteiger partial charge in [0.2, 0.25) is 5.91 Å². The molecular weight excluding hydrogens is 704 g/mol. The van der Waals surface area contributed by atoms with Crippen LogP contribution in [0.4, 0.5) is 16.3 Å². The van der Waals surface area contributed by atoms with Crippen molar-refractivity contribution in [2.24, 2.45) is 11.7 Å². The Kier molecular flexibility index (Phi) is 11.0. The predicted molar refractivity (Wildman–Crippen MR) is 206 cm³/mol. The van der Waals surface area contributed by atoms with Gasteiger partial charge in [-0.1, -0.05) is 18.2 Å². The Bertz CT molecular complexity index is 2040. The van der Waals surface area contributed by atoms with Crippen LogP contribution < -0.4 is 20.1 Å². The van der Waals surface area contributed by atoms with Crippen molar-refractivity contribution in [1.29, 1.82) is 0 Å². The number of primary amides is 1. The summed E-state index contributed by atoms with van der Waals surface area (Å²) >= 11 is 0. The summed E-state index contributed by atoms with van der Waals surface area (Å²) in [7, 11) is 3.33. The van der Waals surface area contributed by atoms with Gasteiger partial charge < -0.3 is 29.9 Å². The van der Waals surface area contributed by atoms with Gasteiger partial charge in [-0.2, -0.15) is 5.10 Å². The minimum atomic E-state index is -0.395. The molecule has 55 heavy (non-hydrogen) atoms. The molecule has 16 nitrogen and oxygen atoms in total. The number of hydrogen-bond donors (Lipinski definition) is 1. The first kappa shape index (κ1) is 37.8. The molecule has 2 fully saturated rings. The second-order valence-corrected chi connectivity index (χ2v) is 14.6. The van der Waals surface area contributed by atoms with Gasteiger partial charge in [0, 0.05) is 69.9 Å². The number of methoxy groups -OCH3 is 2. The van der Waals surface area contributed by atoms with Crippen LogP contribution in [0.15, 0.2) is 48.9 Å². The number of fused-ring (bicyclic) bond motifs is 3. The fourth-order valence-corrected chi connectivity index (χ4v) is 8.96. The van der Waals surface area contributed by atoms with Gasteiger partial charge >= 0.3 is 6.03 Å². The molecule has 2 aromatic heterocycles. The molecule has 4 aromatic rings. The summed E-state index contributed by atoms with van der Waals surface area (Å²) < 4.78 is 13.1. The molecule has 1 aliphatic carbocycles. The van der Waals surface area contributed by atoms with E-state index >= 15 is 0 Å². The van der Waals surface area contributed by atoms with E-state index in [1.165, 1.54) is 23.5 Å². The molecule has 0 radical (unpaired) electrons. The molecule has 2 N–H and O–H groups in total. The number of rotatable bonds is 12. The maximum atomic E-state index is 14.1. The van der Waals surface area contributed by atoms with E-state index in [0.29, 0.717) is 56.2 Å². The van der Waals surface area contributed by atoms with Gasteiger partial charge in [-0.15, -0.1) is 0 Å². The smallest absolute Gasteiger partial charge is 0.314 e. The highest BCUT2D eigenvalue weighted by Gasteiger charge is 2.47. The fraction of sp³-hybridized carbons (Fsp3) is 0.513. The number of amides is 3. The van der Waals surface area contributed by atoms with Crippen LogP contribution in [0.3, 0.4) is 0 Å². The van der Waals surface area contributed by atoms with E-state index in [2.05, 4.69) is 37.0 Å². The zero-order valence-corrected chi connectivity index (χ0v) is 31.9. The molecule has 0 unspecified atom stereocenters. The van der Waals surface area contributed by atoms with E-state index in [4.69, 9.17) is 15.2 Å². The van der Waals surface area contributed by atoms with Crippen LogP contribution >= 0.6 is 0 Å². The van der Waals surface area contributed by atoms with Gasteiger partial charge in [-0.25, -0.2) is 19.4 Å². The van der Waals surface area contributed by atoms with E-state index < -0.39 is 6.03 Å². The van der Waals surface area contributed by atoms with Gasteiger partial charge in [0.15, 0.2) is 17.1 Å². The molecule has 7 rings (SSSR count). The molecule has 292 valence electrons. The second-order valence-electron chi connectivity index (χ2n) is 14.6. The van der Waals surface area contributed by atoms with E-state index in [-0.39, 0.29) is 34.5 Å². The number of aromatic nitrogens is 4. The third kappa shape index (κ3) is 7.34. The van der Waals surface area contributed by atoms with Gasteiger partial charge in [0.1, 0.15) is 12.1 Å². The number of urea groups is 1. The largest absolute Gasteiger partial charge is 0.493 e. The van der Waals surface area contributed by atoms with Crippen molar-refractivity contribution in [3.8, 4) is 11.5 Å². The van der Waals surface area contributed by atoms with Crippen molar-refractivity contribution < 1.29 is 24.0 Å². The maximum absolute atomic E-state index is 14.1. The van der Waals surface area contributed by atoms with Crippen LogP contribution in [0.2, 0.25) is 0 Å². The summed E-state index contributed by atoms with van der Waals surface area (Å²) in [5.41, 5.74) is 9.05. The number of hydrogen-bond acceptors (Lipinski definition) is 11. The minimum Gasteiger partial charge on any atom is -0.493 e. The van der Waals surface area contributed by atoms with Crippen LogP contribution in [0.25, 0.3) is 11.0 Å². The Balaban J connectivity index is 1.02. The highest BCUT2D eigenvalue weighted by Crippen LogP contribution is 2.50. The number of para-hydroxylation sites is 1. The van der Waals surface area contributed by atoms with Crippen LogP contribution in [0.5, 0.6) is 11.5 Å². The monoisotopic (exact) mass is 754 g/mol. The summed E-state index contributed by atoms with van der Waals surface area (Å²) in [4.78, 5) is 54.7. The molecule has 3 amide bonds.